The van der Waals surface area contributed by atoms with Gasteiger partial charge in [-0.2, -0.15) is 0 Å². The summed E-state index contributed by atoms with van der Waals surface area (Å²) in [5, 5.41) is -0.302. The topological polar surface area (TPSA) is 130 Å². The summed E-state index contributed by atoms with van der Waals surface area (Å²) in [4.78, 5) is 63.0. The molecule has 3 heterocycles. The Morgan fingerprint density at radius 3 is 2.19 bits per heavy atom. The third-order valence-corrected chi connectivity index (χ3v) is 3.43. The van der Waals surface area contributed by atoms with Crippen molar-refractivity contribution < 1.29 is 4.42 Å². The summed E-state index contributed by atoms with van der Waals surface area (Å²) < 4.78 is 5.00. The molecule has 3 aromatic heterocycles. The largest absolute Gasteiger partial charge is 0.421 e. The molecule has 21 heavy (non-hydrogen) atoms. The molecule has 0 aliphatic carbocycles. The second kappa shape index (κ2) is 3.42. The van der Waals surface area contributed by atoms with Gasteiger partial charge >= 0.3 is 5.63 Å². The molecule has 102 valence electrons. The predicted molar refractivity (Wildman–Crippen MR) is 73.6 cm³/mol. The Kier molecular flexibility index (Phi) is 1.88. The van der Waals surface area contributed by atoms with Crippen molar-refractivity contribution in [2.45, 2.75) is 0 Å². The van der Waals surface area contributed by atoms with E-state index in [1.54, 1.807) is 0 Å². The van der Waals surface area contributed by atoms with Crippen molar-refractivity contribution in [2.24, 2.45) is 0 Å². The first-order valence-corrected chi connectivity index (χ1v) is 5.84. The highest BCUT2D eigenvalue weighted by Crippen LogP contribution is 2.24. The minimum atomic E-state index is -0.980. The first-order valence-electron chi connectivity index (χ1n) is 5.84. The van der Waals surface area contributed by atoms with E-state index in [2.05, 4.69) is 9.97 Å². The van der Waals surface area contributed by atoms with Crippen LogP contribution in [0.3, 0.4) is 0 Å². The third-order valence-electron chi connectivity index (χ3n) is 3.43. The summed E-state index contributed by atoms with van der Waals surface area (Å²) >= 11 is 0. The minimum Gasteiger partial charge on any atom is -0.421 e. The lowest BCUT2D eigenvalue weighted by molar-refractivity contribution is 0.568. The molecule has 0 aliphatic rings. The van der Waals surface area contributed by atoms with Crippen LogP contribution in [0.4, 0.5) is 0 Å². The Balaban J connectivity index is 2.60. The molecule has 0 unspecified atom stereocenters. The zero-order chi connectivity index (χ0) is 14.9. The number of nitrogens with one attached hydrogen (secondary N) is 2. The highest BCUT2D eigenvalue weighted by molar-refractivity contribution is 6.16. The average Bonchev–Trinajstić information content (AvgIpc) is 2.90. The van der Waals surface area contributed by atoms with E-state index in [4.69, 9.17) is 4.42 Å². The van der Waals surface area contributed by atoms with Crippen LogP contribution in [0.25, 0.3) is 32.8 Å². The number of fused-ring (bicyclic) bond motifs is 5. The lowest BCUT2D eigenvalue weighted by atomic mass is 10.1. The predicted octanol–water partition coefficient (Wildman–Crippen LogP) is -0.928. The van der Waals surface area contributed by atoms with Crippen LogP contribution >= 0.6 is 0 Å². The Hall–Kier alpha value is -3.29. The Bertz CT molecular complexity index is 1330. The van der Waals surface area contributed by atoms with Gasteiger partial charge in [0.05, 0.1) is 16.3 Å². The zero-order valence-corrected chi connectivity index (χ0v) is 10.1. The van der Waals surface area contributed by atoms with Crippen LogP contribution in [0.15, 0.2) is 40.5 Å². The molecule has 1 aromatic carbocycles. The van der Waals surface area contributed by atoms with E-state index in [0.29, 0.717) is 0 Å². The molecule has 8 nitrogen and oxygen atoms in total. The van der Waals surface area contributed by atoms with Gasteiger partial charge < -0.3 is 14.4 Å². The molecule has 4 rings (SSSR count). The van der Waals surface area contributed by atoms with Crippen LogP contribution in [0.2, 0.25) is 0 Å². The van der Waals surface area contributed by atoms with Gasteiger partial charge in [-0.15, -0.1) is 0 Å². The molecule has 0 bridgehead atoms. The molecule has 0 saturated heterocycles. The summed E-state index contributed by atoms with van der Waals surface area (Å²) in [6.45, 7) is 0. The summed E-state index contributed by atoms with van der Waals surface area (Å²) in [6.07, 6.45) is 0. The van der Waals surface area contributed by atoms with E-state index < -0.39 is 27.6 Å². The second-order valence-electron chi connectivity index (χ2n) is 4.57. The smallest absolute Gasteiger partial charge is 0.361 e. The fourth-order valence-corrected chi connectivity index (χ4v) is 2.55. The molecule has 0 radical (unpaired) electrons. The lowest BCUT2D eigenvalue weighted by Crippen LogP contribution is -2.20. The number of aromatic nitrogens is 2. The summed E-state index contributed by atoms with van der Waals surface area (Å²) in [7, 11) is 0. The van der Waals surface area contributed by atoms with Crippen LogP contribution in [0.5, 0.6) is 0 Å². The fourth-order valence-electron chi connectivity index (χ4n) is 2.55. The van der Waals surface area contributed by atoms with Crippen molar-refractivity contribution in [2.75, 3.05) is 0 Å². The van der Waals surface area contributed by atoms with Gasteiger partial charge in [-0.25, -0.2) is 4.79 Å². The first-order chi connectivity index (χ1) is 9.99. The van der Waals surface area contributed by atoms with E-state index in [-0.39, 0.29) is 32.8 Å². The molecule has 0 amide bonds. The van der Waals surface area contributed by atoms with Crippen molar-refractivity contribution in [3.05, 3.63) is 63.7 Å². The van der Waals surface area contributed by atoms with E-state index in [0.717, 1.165) is 0 Å². The van der Waals surface area contributed by atoms with E-state index in [1.165, 1.54) is 12.1 Å². The molecule has 0 spiro atoms. The van der Waals surface area contributed by atoms with Crippen molar-refractivity contribution >= 4 is 32.8 Å². The van der Waals surface area contributed by atoms with Crippen LogP contribution in [-0.2, 0) is 0 Å². The van der Waals surface area contributed by atoms with E-state index >= 15 is 0 Å². The minimum absolute atomic E-state index is 0.00574. The fraction of sp³-hybridized carbons (Fsp3) is 0. The maximum Gasteiger partial charge on any atom is 0.361 e. The molecule has 2 N–H and O–H groups in total. The van der Waals surface area contributed by atoms with Gasteiger partial charge in [0.2, 0.25) is 0 Å². The number of hydrogen-bond acceptors (Lipinski definition) is 6. The van der Waals surface area contributed by atoms with Crippen LogP contribution in [-0.4, -0.2) is 9.97 Å². The summed E-state index contributed by atoms with van der Waals surface area (Å²) in [6, 6.07) is 2.75. The zero-order valence-electron chi connectivity index (χ0n) is 10.1. The normalized spacial score (nSPS) is 11.8. The molecule has 0 fully saturated rings. The van der Waals surface area contributed by atoms with Gasteiger partial charge in [-0.1, -0.05) is 0 Å². The first kappa shape index (κ1) is 11.5. The van der Waals surface area contributed by atoms with Crippen LogP contribution in [0, 0.1) is 0 Å². The molecular weight excluding hydrogens is 280 g/mol. The van der Waals surface area contributed by atoms with Crippen molar-refractivity contribution in [1.82, 2.24) is 9.97 Å². The van der Waals surface area contributed by atoms with Crippen molar-refractivity contribution in [3.8, 4) is 0 Å². The molecule has 8 heteroatoms. The quantitative estimate of drug-likeness (QED) is 0.317. The molecule has 0 aliphatic heterocycles. The Labute approximate surface area is 112 Å². The maximum absolute atomic E-state index is 11.9. The standard InChI is InChI=1S/C13H4N2O6/c16-9-5-3(14-11(9)18)1-2-4-6(5)7-8(13(20)21-4)15-12(19)10(7)17/h1-2H,(H,14,16,18)(H,15,17,19). The van der Waals surface area contributed by atoms with Crippen LogP contribution < -0.4 is 27.6 Å². The summed E-state index contributed by atoms with van der Waals surface area (Å²) in [5.74, 6) is 0. The van der Waals surface area contributed by atoms with Crippen molar-refractivity contribution in [1.29, 1.82) is 0 Å². The van der Waals surface area contributed by atoms with Gasteiger partial charge in [0, 0.05) is 5.39 Å². The van der Waals surface area contributed by atoms with Gasteiger partial charge in [0.15, 0.2) is 0 Å². The Morgan fingerprint density at radius 1 is 0.762 bits per heavy atom. The van der Waals surface area contributed by atoms with Crippen molar-refractivity contribution in [3.63, 3.8) is 0 Å². The number of hydrogen-bond donors (Lipinski definition) is 2. The lowest BCUT2D eigenvalue weighted by Gasteiger charge is -1.98. The number of rotatable bonds is 0. The van der Waals surface area contributed by atoms with E-state index in [9.17, 15) is 24.0 Å². The molecule has 0 atom stereocenters. The Morgan fingerprint density at radius 2 is 1.43 bits per heavy atom. The van der Waals surface area contributed by atoms with Crippen LogP contribution in [0.1, 0.15) is 0 Å². The molecule has 4 aromatic rings. The van der Waals surface area contributed by atoms with Gasteiger partial charge in [-0.05, 0) is 12.1 Å². The number of aromatic amines is 2. The highest BCUT2D eigenvalue weighted by atomic mass is 16.4. The van der Waals surface area contributed by atoms with Gasteiger partial charge in [0.1, 0.15) is 11.1 Å². The molecule has 0 saturated carbocycles. The van der Waals surface area contributed by atoms with E-state index in [1.807, 2.05) is 0 Å². The monoisotopic (exact) mass is 284 g/mol. The van der Waals surface area contributed by atoms with Gasteiger partial charge in [-0.3, -0.25) is 19.2 Å². The number of benzene rings is 1. The van der Waals surface area contributed by atoms with Gasteiger partial charge in [0.25, 0.3) is 22.0 Å². The third kappa shape index (κ3) is 1.25. The number of H-pyrrole nitrogens is 2. The average molecular weight is 284 g/mol. The SMILES string of the molecule is O=c1[nH]c2ccc3oc(=O)c4[nH]c(=O)c(=O)c4c3c2c1=O. The summed E-state index contributed by atoms with van der Waals surface area (Å²) in [5.41, 5.74) is -4.64. The molecular formula is C13H4N2O6. The maximum atomic E-state index is 11.9. The second-order valence-corrected chi connectivity index (χ2v) is 4.57. The highest BCUT2D eigenvalue weighted by Gasteiger charge is 2.20.